The van der Waals surface area contributed by atoms with E-state index in [1.807, 2.05) is 0 Å². The highest BCUT2D eigenvalue weighted by Crippen LogP contribution is 2.48. The van der Waals surface area contributed by atoms with Gasteiger partial charge >= 0.3 is 18.1 Å². The molecule has 0 fully saturated rings. The van der Waals surface area contributed by atoms with E-state index in [0.29, 0.717) is 6.08 Å². The minimum absolute atomic E-state index is 0. The van der Waals surface area contributed by atoms with Crippen LogP contribution in [0, 0.1) is 0 Å². The van der Waals surface area contributed by atoms with Crippen LogP contribution in [0.3, 0.4) is 0 Å². The van der Waals surface area contributed by atoms with Crippen LogP contribution in [0.5, 0.6) is 0 Å². The van der Waals surface area contributed by atoms with E-state index in [1.54, 1.807) is 0 Å². The quantitative estimate of drug-likeness (QED) is 0.460. The summed E-state index contributed by atoms with van der Waals surface area (Å²) in [5.74, 6) is -4.93. The summed E-state index contributed by atoms with van der Waals surface area (Å²) < 4.78 is 93.1. The van der Waals surface area contributed by atoms with Crippen LogP contribution in [-0.2, 0) is 9.47 Å². The summed E-state index contributed by atoms with van der Waals surface area (Å²) in [7, 11) is 0. The van der Waals surface area contributed by atoms with Gasteiger partial charge in [0, 0.05) is 0 Å². The topological polar surface area (TPSA) is 18.5 Å². The summed E-state index contributed by atoms with van der Waals surface area (Å²) >= 11 is 0. The second-order valence-electron chi connectivity index (χ2n) is 3.91. The van der Waals surface area contributed by atoms with Gasteiger partial charge in [0.1, 0.15) is 0 Å². The average molecular weight is 324 g/mol. The molecule has 1 heterocycles. The molecule has 124 valence electrons. The van der Waals surface area contributed by atoms with Crippen molar-refractivity contribution in [3.63, 3.8) is 0 Å². The van der Waals surface area contributed by atoms with Crippen LogP contribution in [-0.4, -0.2) is 24.7 Å². The lowest BCUT2D eigenvalue weighted by Gasteiger charge is -2.34. The van der Waals surface area contributed by atoms with Crippen molar-refractivity contribution in [2.75, 3.05) is 6.61 Å². The summed E-state index contributed by atoms with van der Waals surface area (Å²) in [5, 5.41) is 0. The monoisotopic (exact) mass is 324 g/mol. The first-order chi connectivity index (χ1) is 9.10. The average Bonchev–Trinajstić information content (AvgIpc) is 2.35. The molecular weight excluding hydrogens is 309 g/mol. The number of allylic oxidation sites excluding steroid dienone is 2. The van der Waals surface area contributed by atoms with Crippen molar-refractivity contribution in [2.45, 2.75) is 44.8 Å². The van der Waals surface area contributed by atoms with Crippen molar-refractivity contribution >= 4 is 0 Å². The number of hydrogen-bond acceptors (Lipinski definition) is 2. The summed E-state index contributed by atoms with van der Waals surface area (Å²) in [6.07, 6.45) is -4.86. The van der Waals surface area contributed by atoms with E-state index in [-0.39, 0.29) is 7.43 Å². The molecule has 0 radical (unpaired) electrons. The predicted octanol–water partition coefficient (Wildman–Crippen LogP) is 5.03. The maximum absolute atomic E-state index is 12.6. The Bertz CT molecular complexity index is 362. The minimum Gasteiger partial charge on any atom is -0.421 e. The Kier molecular flexibility index (Phi) is 6.72. The molecule has 0 unspecified atom stereocenters. The largest absolute Gasteiger partial charge is 0.465 e. The summed E-state index contributed by atoms with van der Waals surface area (Å²) in [4.78, 5) is 0. The zero-order chi connectivity index (χ0) is 15.4. The zero-order valence-corrected chi connectivity index (χ0v) is 10.0. The van der Waals surface area contributed by atoms with E-state index in [0.717, 1.165) is 0 Å². The van der Waals surface area contributed by atoms with Gasteiger partial charge in [-0.05, 0) is 25.3 Å². The molecule has 0 bridgehead atoms. The van der Waals surface area contributed by atoms with E-state index in [4.69, 9.17) is 0 Å². The second kappa shape index (κ2) is 7.15. The van der Waals surface area contributed by atoms with E-state index < -0.39 is 37.2 Å². The highest BCUT2D eigenvalue weighted by molar-refractivity contribution is 4.96. The molecule has 2 aliphatic rings. The second-order valence-corrected chi connectivity index (χ2v) is 3.91. The molecule has 9 heteroatoms. The van der Waals surface area contributed by atoms with Gasteiger partial charge in [0.15, 0.2) is 0 Å². The molecule has 2 rings (SSSR count). The zero-order valence-electron chi connectivity index (χ0n) is 10.0. The van der Waals surface area contributed by atoms with Gasteiger partial charge in [0.25, 0.3) is 6.01 Å². The fraction of sp³-hybridized carbons (Fsp3) is 0.667. The van der Waals surface area contributed by atoms with Crippen LogP contribution in [0.15, 0.2) is 24.2 Å². The fourth-order valence-electron chi connectivity index (χ4n) is 1.19. The highest BCUT2D eigenvalue weighted by atomic mass is 19.4. The third-order valence-electron chi connectivity index (χ3n) is 2.38. The Hall–Kier alpha value is -1.25. The van der Waals surface area contributed by atoms with Crippen LogP contribution in [0.2, 0.25) is 0 Å². The molecule has 1 aliphatic carbocycles. The summed E-state index contributed by atoms with van der Waals surface area (Å²) in [5.41, 5.74) is 0. The normalized spacial score (nSPS) is 20.6. The third-order valence-corrected chi connectivity index (χ3v) is 2.38. The Morgan fingerprint density at radius 2 is 1.33 bits per heavy atom. The predicted molar refractivity (Wildman–Crippen MR) is 60.8 cm³/mol. The standard InChI is InChI=1S/C7H5F7O2.C4H6.CH4/c8-4-2-1-3-15-5(16-4,6(9,10)11)7(12,13)14;1-2-4-3-1;/h2H,1,3H2;1-2H,3-4H2;1H4. The third kappa shape index (κ3) is 4.62. The summed E-state index contributed by atoms with van der Waals surface area (Å²) in [6, 6.07) is -1.97. The molecule has 0 aromatic carbocycles. The SMILES string of the molecule is C.C1=CCC1.FC1=CCCOC(C(F)(F)F)(C(F)(F)F)O1. The van der Waals surface area contributed by atoms with Gasteiger partial charge in [-0.2, -0.15) is 30.7 Å². The maximum atomic E-state index is 12.6. The molecule has 0 atom stereocenters. The Morgan fingerprint density at radius 1 is 0.905 bits per heavy atom. The van der Waals surface area contributed by atoms with E-state index in [2.05, 4.69) is 21.6 Å². The molecule has 1 aliphatic heterocycles. The Balaban J connectivity index is 0.000000687. The van der Waals surface area contributed by atoms with Crippen molar-refractivity contribution in [3.8, 4) is 0 Å². The molecule has 0 amide bonds. The molecule has 2 nitrogen and oxygen atoms in total. The van der Waals surface area contributed by atoms with Gasteiger partial charge in [-0.1, -0.05) is 19.6 Å². The molecule has 0 saturated heterocycles. The molecule has 0 N–H and O–H groups in total. The van der Waals surface area contributed by atoms with Crippen LogP contribution < -0.4 is 0 Å². The first-order valence-corrected chi connectivity index (χ1v) is 5.57. The van der Waals surface area contributed by atoms with Gasteiger partial charge in [0.05, 0.1) is 6.61 Å². The van der Waals surface area contributed by atoms with Crippen molar-refractivity contribution in [3.05, 3.63) is 24.2 Å². The maximum Gasteiger partial charge on any atom is 0.465 e. The molecule has 21 heavy (non-hydrogen) atoms. The molecule has 0 spiro atoms. The Labute approximate surface area is 117 Å². The van der Waals surface area contributed by atoms with Crippen LogP contribution in [0.25, 0.3) is 0 Å². The highest BCUT2D eigenvalue weighted by Gasteiger charge is 2.76. The van der Waals surface area contributed by atoms with Crippen LogP contribution in [0.1, 0.15) is 26.7 Å². The lowest BCUT2D eigenvalue weighted by Crippen LogP contribution is -2.60. The number of ether oxygens (including phenoxy) is 2. The van der Waals surface area contributed by atoms with Gasteiger partial charge in [-0.15, -0.1) is 0 Å². The Morgan fingerprint density at radius 3 is 1.67 bits per heavy atom. The van der Waals surface area contributed by atoms with E-state index in [1.165, 1.54) is 12.8 Å². The van der Waals surface area contributed by atoms with Gasteiger partial charge in [-0.25, -0.2) is 0 Å². The molecule has 0 aromatic rings. The van der Waals surface area contributed by atoms with Crippen molar-refractivity contribution < 1.29 is 40.2 Å². The van der Waals surface area contributed by atoms with Crippen LogP contribution in [0.4, 0.5) is 30.7 Å². The lowest BCUT2D eigenvalue weighted by molar-refractivity contribution is -0.461. The number of alkyl halides is 6. The first kappa shape index (κ1) is 19.8. The number of rotatable bonds is 0. The van der Waals surface area contributed by atoms with Gasteiger partial charge < -0.3 is 9.47 Å². The van der Waals surface area contributed by atoms with E-state index in [9.17, 15) is 30.7 Å². The molecule has 0 aromatic heterocycles. The van der Waals surface area contributed by atoms with Gasteiger partial charge in [-0.3, -0.25) is 0 Å². The number of halogens is 7. The van der Waals surface area contributed by atoms with Crippen molar-refractivity contribution in [1.29, 1.82) is 0 Å². The van der Waals surface area contributed by atoms with Crippen molar-refractivity contribution in [2.24, 2.45) is 0 Å². The summed E-state index contributed by atoms with van der Waals surface area (Å²) in [6.45, 7) is -0.952. The van der Waals surface area contributed by atoms with E-state index >= 15 is 0 Å². The molecule has 0 saturated carbocycles. The number of hydrogen-bond donors (Lipinski definition) is 0. The minimum atomic E-state index is -5.93. The van der Waals surface area contributed by atoms with Gasteiger partial charge in [0.2, 0.25) is 0 Å². The smallest absolute Gasteiger partial charge is 0.421 e. The fourth-order valence-corrected chi connectivity index (χ4v) is 1.19. The van der Waals surface area contributed by atoms with Crippen LogP contribution >= 0.6 is 0 Å². The lowest BCUT2D eigenvalue weighted by atomic mass is 10.1. The van der Waals surface area contributed by atoms with Crippen molar-refractivity contribution in [1.82, 2.24) is 0 Å². The molecular formula is C12H15F7O2. The first-order valence-electron chi connectivity index (χ1n) is 5.57.